The standard InChI is InChI=1S/2C8H13BO.2Y/c2*1-4-8(3)6(2)5-7(9)10-8;;/h2*5-7H,3-4H2,1-2H3;;/q2*-2;;/t6-,7?,8?;6-,7+,8?;;/m10../s1. The molecule has 2 saturated heterocycles. The minimum absolute atomic E-state index is 0. The third kappa shape index (κ3) is 6.87. The van der Waals surface area contributed by atoms with E-state index in [0.717, 1.165) is 12.8 Å². The van der Waals surface area contributed by atoms with Gasteiger partial charge in [0.25, 0.3) is 0 Å². The predicted octanol–water partition coefficient (Wildman–Crippen LogP) is 2.66. The minimum Gasteiger partial charge on any atom is -0.446 e. The molecule has 0 aromatic rings. The molecular weight excluding hydrogens is 424 g/mol. The topological polar surface area (TPSA) is 18.5 Å². The molecule has 2 rings (SSSR count). The van der Waals surface area contributed by atoms with Crippen LogP contribution >= 0.6 is 0 Å². The van der Waals surface area contributed by atoms with Crippen molar-refractivity contribution in [2.45, 2.75) is 63.7 Å². The second-order valence-corrected chi connectivity index (χ2v) is 5.96. The van der Waals surface area contributed by atoms with E-state index in [1.54, 1.807) is 0 Å². The van der Waals surface area contributed by atoms with Gasteiger partial charge in [0.2, 0.25) is 0 Å². The zero-order valence-corrected chi connectivity index (χ0v) is 20.1. The van der Waals surface area contributed by atoms with E-state index in [2.05, 4.69) is 41.5 Å². The zero-order valence-electron chi connectivity index (χ0n) is 14.4. The largest absolute Gasteiger partial charge is 0.446 e. The monoisotopic (exact) mass is 450 g/mol. The second-order valence-electron chi connectivity index (χ2n) is 5.96. The molecule has 6 heteroatoms. The van der Waals surface area contributed by atoms with Crippen LogP contribution in [0.2, 0.25) is 0 Å². The number of ether oxygens (including phenoxy) is 2. The Morgan fingerprint density at radius 2 is 1.14 bits per heavy atom. The van der Waals surface area contributed by atoms with E-state index < -0.39 is 0 Å². The van der Waals surface area contributed by atoms with Crippen molar-refractivity contribution >= 4 is 15.7 Å². The van der Waals surface area contributed by atoms with Crippen molar-refractivity contribution in [1.82, 2.24) is 0 Å². The van der Waals surface area contributed by atoms with Gasteiger partial charge in [0.1, 0.15) is 0 Å². The van der Waals surface area contributed by atoms with Crippen molar-refractivity contribution < 1.29 is 74.9 Å². The maximum absolute atomic E-state index is 5.56. The molecule has 0 amide bonds. The smallest absolute Gasteiger partial charge is 0.0623 e. The third-order valence-corrected chi connectivity index (χ3v) is 4.55. The molecule has 0 N–H and O–H groups in total. The predicted molar refractivity (Wildman–Crippen MR) is 84.9 cm³/mol. The Balaban J connectivity index is 0. The summed E-state index contributed by atoms with van der Waals surface area (Å²) in [6.45, 7) is 16.3. The molecule has 2 aliphatic heterocycles. The minimum atomic E-state index is -0.264. The molecule has 6 radical (unpaired) electrons. The van der Waals surface area contributed by atoms with E-state index >= 15 is 0 Å². The number of rotatable bonds is 2. The van der Waals surface area contributed by atoms with Gasteiger partial charge in [0, 0.05) is 65.4 Å². The molecule has 0 aromatic carbocycles. The molecule has 0 saturated carbocycles. The van der Waals surface area contributed by atoms with Crippen LogP contribution in [0.25, 0.3) is 0 Å². The molecule has 6 atom stereocenters. The van der Waals surface area contributed by atoms with E-state index in [-0.39, 0.29) is 88.6 Å². The van der Waals surface area contributed by atoms with Gasteiger partial charge in [-0.2, -0.15) is 11.8 Å². The Hall–Kier alpha value is 2.26. The maximum atomic E-state index is 5.56. The van der Waals surface area contributed by atoms with Gasteiger partial charge in [-0.25, -0.2) is 0 Å². The molecule has 2 nitrogen and oxygen atoms in total. The van der Waals surface area contributed by atoms with Crippen molar-refractivity contribution in [3.8, 4) is 0 Å². The van der Waals surface area contributed by atoms with Crippen LogP contribution in [-0.2, 0) is 74.9 Å². The molecular formula is C16H26B2O2Y2-4. The van der Waals surface area contributed by atoms with Crippen molar-refractivity contribution in [2.75, 3.05) is 0 Å². The third-order valence-electron chi connectivity index (χ3n) is 4.55. The summed E-state index contributed by atoms with van der Waals surface area (Å²) in [6.07, 6.45) is 5.82. The average Bonchev–Trinajstić information content (AvgIpc) is 2.78. The number of hydrogen-bond acceptors (Lipinski definition) is 2. The van der Waals surface area contributed by atoms with E-state index in [1.807, 2.05) is 12.8 Å². The van der Waals surface area contributed by atoms with Gasteiger partial charge >= 0.3 is 0 Å². The molecule has 2 aliphatic rings. The molecule has 3 unspecified atom stereocenters. The van der Waals surface area contributed by atoms with Gasteiger partial charge in [0.15, 0.2) is 0 Å². The Kier molecular flexibility index (Phi) is 13.3. The van der Waals surface area contributed by atoms with Gasteiger partial charge in [-0.3, -0.25) is 0 Å². The first-order chi connectivity index (χ1) is 9.16. The average molecular weight is 450 g/mol. The molecule has 118 valence electrons. The van der Waals surface area contributed by atoms with Gasteiger partial charge in [0.05, 0.1) is 15.7 Å². The molecule has 2 heterocycles. The fourth-order valence-electron chi connectivity index (χ4n) is 2.57. The van der Waals surface area contributed by atoms with Gasteiger partial charge in [-0.05, 0) is 0 Å². The summed E-state index contributed by atoms with van der Waals surface area (Å²) in [5.41, 5.74) is -0.529. The first-order valence-corrected chi connectivity index (χ1v) is 7.44. The summed E-state index contributed by atoms with van der Waals surface area (Å²) in [4.78, 5) is 0. The fraction of sp³-hybridized carbons (Fsp3) is 0.750. The van der Waals surface area contributed by atoms with Crippen LogP contribution in [0.5, 0.6) is 0 Å². The fourth-order valence-corrected chi connectivity index (χ4v) is 2.57. The van der Waals surface area contributed by atoms with Crippen molar-refractivity contribution in [2.24, 2.45) is 11.8 Å². The molecule has 2 fully saturated rings. The van der Waals surface area contributed by atoms with Crippen LogP contribution in [0.3, 0.4) is 0 Å². The number of hydrogen-bond donors (Lipinski definition) is 0. The van der Waals surface area contributed by atoms with Crippen LogP contribution in [0.1, 0.15) is 40.5 Å². The summed E-state index contributed by atoms with van der Waals surface area (Å²) >= 11 is 0. The Labute approximate surface area is 191 Å². The molecule has 0 aromatic heterocycles. The van der Waals surface area contributed by atoms with E-state index in [9.17, 15) is 0 Å². The zero-order chi connectivity index (χ0) is 15.6. The van der Waals surface area contributed by atoms with Crippen molar-refractivity contribution in [3.05, 3.63) is 26.7 Å². The van der Waals surface area contributed by atoms with Crippen molar-refractivity contribution in [1.29, 1.82) is 0 Å². The first kappa shape index (κ1) is 26.5. The van der Waals surface area contributed by atoms with E-state index in [1.165, 1.54) is 0 Å². The van der Waals surface area contributed by atoms with E-state index in [0.29, 0.717) is 11.8 Å². The van der Waals surface area contributed by atoms with Crippen LogP contribution < -0.4 is 0 Å². The van der Waals surface area contributed by atoms with Crippen LogP contribution in [0.4, 0.5) is 0 Å². The summed E-state index contributed by atoms with van der Waals surface area (Å²) in [5, 5.41) is 0. The first-order valence-electron chi connectivity index (χ1n) is 7.44. The molecule has 0 bridgehead atoms. The van der Waals surface area contributed by atoms with Crippen LogP contribution in [-0.4, -0.2) is 38.9 Å². The van der Waals surface area contributed by atoms with Crippen LogP contribution in [0.15, 0.2) is 0 Å². The quantitative estimate of drug-likeness (QED) is 0.477. The molecule has 0 aliphatic carbocycles. The van der Waals surface area contributed by atoms with Gasteiger partial charge in [-0.15, -0.1) is 12.0 Å². The summed E-state index contributed by atoms with van der Waals surface area (Å²) < 4.78 is 10.8. The maximum Gasteiger partial charge on any atom is 0.0623 e. The second kappa shape index (κ2) is 11.1. The molecule has 22 heavy (non-hydrogen) atoms. The SMILES string of the molecule is [B]C1[CH-][C@@H](C)C([CH2-])(CC)O1.[B][C@H]1[CH-][C@H](C)C([CH2-])(CC)O1.[Y].[Y]. The van der Waals surface area contributed by atoms with E-state index in [4.69, 9.17) is 25.2 Å². The van der Waals surface area contributed by atoms with Crippen LogP contribution in [0, 0.1) is 38.5 Å². The Morgan fingerprint density at radius 3 is 1.23 bits per heavy atom. The summed E-state index contributed by atoms with van der Waals surface area (Å²) in [5.74, 6) is 0.736. The summed E-state index contributed by atoms with van der Waals surface area (Å²) in [7, 11) is 11.1. The Bertz CT molecular complexity index is 293. The van der Waals surface area contributed by atoms with Gasteiger partial charge < -0.3 is 36.2 Å². The van der Waals surface area contributed by atoms with Crippen molar-refractivity contribution in [3.63, 3.8) is 0 Å². The normalized spacial score (nSPS) is 43.5. The summed E-state index contributed by atoms with van der Waals surface area (Å²) in [6, 6.07) is -0.431. The molecule has 0 spiro atoms. The Morgan fingerprint density at radius 1 is 0.864 bits per heavy atom. The van der Waals surface area contributed by atoms with Gasteiger partial charge in [-0.1, -0.05) is 51.7 Å².